The molecule has 0 atom stereocenters. The number of benzene rings is 2. The predicted octanol–water partition coefficient (Wildman–Crippen LogP) is 7.38. The predicted molar refractivity (Wildman–Crippen MR) is 205 cm³/mol. The smallest absolute Gasteiger partial charge is 0.444 e. The number of rotatable bonds is 8. The van der Waals surface area contributed by atoms with E-state index in [0.29, 0.717) is 66.3 Å². The number of fused-ring (bicyclic) bond motifs is 2. The summed E-state index contributed by atoms with van der Waals surface area (Å²) >= 11 is 0. The van der Waals surface area contributed by atoms with E-state index in [0.717, 1.165) is 31.5 Å². The number of allylic oxidation sites excluding steroid dienone is 2. The molecule has 2 N–H and O–H groups in total. The third-order valence-corrected chi connectivity index (χ3v) is 9.51. The number of aryl methyl sites for hydroxylation is 2. The molecule has 1 saturated heterocycles. The number of carbonyl (C=O) groups excluding carboxylic acids is 2. The number of anilines is 4. The summed E-state index contributed by atoms with van der Waals surface area (Å²) in [5.74, 6) is 0.0996. The van der Waals surface area contributed by atoms with Gasteiger partial charge in [-0.3, -0.25) is 4.79 Å². The second-order valence-corrected chi connectivity index (χ2v) is 14.6. The molecule has 1 fully saturated rings. The number of amides is 2. The van der Waals surface area contributed by atoms with Crippen molar-refractivity contribution in [3.63, 3.8) is 0 Å². The monoisotopic (exact) mass is 720 g/mol. The highest BCUT2D eigenvalue weighted by molar-refractivity contribution is 6.58. The van der Waals surface area contributed by atoms with Gasteiger partial charge in [0.25, 0.3) is 0 Å². The molecular weight excluding hydrogens is 677 g/mol. The minimum absolute atomic E-state index is 0.0352. The van der Waals surface area contributed by atoms with E-state index in [-0.39, 0.29) is 24.8 Å². The number of hydrogen-bond acceptors (Lipinski definition) is 7. The Labute approximate surface area is 307 Å². The van der Waals surface area contributed by atoms with Gasteiger partial charge in [0, 0.05) is 91.8 Å². The molecule has 4 aromatic rings. The Kier molecular flexibility index (Phi) is 9.39. The van der Waals surface area contributed by atoms with E-state index < -0.39 is 12.6 Å². The van der Waals surface area contributed by atoms with Crippen LogP contribution in [0.3, 0.4) is 0 Å². The van der Waals surface area contributed by atoms with Gasteiger partial charge in [0.2, 0.25) is 11.9 Å². The Morgan fingerprint density at radius 3 is 2.49 bits per heavy atom. The minimum atomic E-state index is -4.08. The number of hydrogen-bond donors (Lipinski definition) is 2. The van der Waals surface area contributed by atoms with Gasteiger partial charge < -0.3 is 42.8 Å². The second-order valence-electron chi connectivity index (χ2n) is 14.6. The molecule has 3 aliphatic heterocycles. The van der Waals surface area contributed by atoms with Crippen LogP contribution in [0.25, 0.3) is 17.3 Å². The Hall–Kier alpha value is -5.79. The summed E-state index contributed by atoms with van der Waals surface area (Å²) in [5.41, 5.74) is 6.06. The van der Waals surface area contributed by atoms with E-state index in [1.807, 2.05) is 58.0 Å². The van der Waals surface area contributed by atoms with Crippen LogP contribution in [-0.2, 0) is 9.53 Å². The molecule has 0 saturated carbocycles. The van der Waals surface area contributed by atoms with Gasteiger partial charge in [-0.2, -0.15) is 0 Å². The van der Waals surface area contributed by atoms with Crippen LogP contribution in [0.5, 0.6) is 0 Å². The van der Waals surface area contributed by atoms with Crippen molar-refractivity contribution in [1.29, 1.82) is 0 Å². The molecule has 53 heavy (non-hydrogen) atoms. The summed E-state index contributed by atoms with van der Waals surface area (Å²) in [6.45, 7) is 7.56. The first-order valence-electron chi connectivity index (χ1n) is 17.8. The van der Waals surface area contributed by atoms with Crippen molar-refractivity contribution in [1.82, 2.24) is 19.3 Å². The number of nitrogens with one attached hydrogen (secondary N) is 2. The van der Waals surface area contributed by atoms with Crippen molar-refractivity contribution < 1.29 is 27.4 Å². The van der Waals surface area contributed by atoms with Crippen LogP contribution in [0.15, 0.2) is 84.7 Å². The first kappa shape index (κ1) is 35.6. The van der Waals surface area contributed by atoms with Gasteiger partial charge in [0.15, 0.2) is 5.70 Å². The van der Waals surface area contributed by atoms with Gasteiger partial charge in [-0.05, 0) is 88.3 Å². The van der Waals surface area contributed by atoms with Crippen molar-refractivity contribution in [2.45, 2.75) is 53.1 Å². The lowest BCUT2D eigenvalue weighted by Crippen LogP contribution is -2.50. The van der Waals surface area contributed by atoms with Crippen LogP contribution < -0.4 is 15.5 Å². The van der Waals surface area contributed by atoms with Crippen molar-refractivity contribution in [2.24, 2.45) is 0 Å². The number of halogens is 2. The van der Waals surface area contributed by atoms with Crippen molar-refractivity contribution in [2.75, 3.05) is 41.7 Å². The summed E-state index contributed by atoms with van der Waals surface area (Å²) in [5, 5.41) is 6.12. The Morgan fingerprint density at radius 1 is 0.962 bits per heavy atom. The van der Waals surface area contributed by atoms with Crippen molar-refractivity contribution in [3.8, 4) is 11.3 Å². The van der Waals surface area contributed by atoms with Gasteiger partial charge in [0.05, 0.1) is 5.69 Å². The molecule has 0 unspecified atom stereocenters. The van der Waals surface area contributed by atoms with Gasteiger partial charge in [-0.25, -0.2) is 14.8 Å². The molecule has 2 aromatic carbocycles. The molecule has 274 valence electrons. The average Bonchev–Trinajstić information content (AvgIpc) is 3.67. The summed E-state index contributed by atoms with van der Waals surface area (Å²) in [6, 6.07) is 18.9. The molecule has 5 heterocycles. The van der Waals surface area contributed by atoms with Crippen molar-refractivity contribution >= 4 is 53.8 Å². The summed E-state index contributed by atoms with van der Waals surface area (Å²) in [6.07, 6.45) is 6.73. The maximum absolute atomic E-state index is 15.8. The molecular formula is C39H43BF2N8O3. The SMILES string of the molecule is Cc1cc(C)n2c1C=C1C=CC(CCC(=O)Nc3cccc(Nc4nccc(-c5cccc(N6CCN(C(=O)OC(C)(C)C)CC6)c5)n4)c3)=[N+]1[B-]2(F)F. The molecule has 14 heteroatoms. The van der Waals surface area contributed by atoms with Crippen molar-refractivity contribution in [3.05, 3.63) is 102 Å². The second kappa shape index (κ2) is 14.0. The van der Waals surface area contributed by atoms with E-state index in [9.17, 15) is 9.59 Å². The summed E-state index contributed by atoms with van der Waals surface area (Å²) in [4.78, 5) is 38.7. The first-order valence-corrected chi connectivity index (χ1v) is 17.8. The molecule has 7 rings (SSSR count). The van der Waals surface area contributed by atoms with Gasteiger partial charge in [0.1, 0.15) is 11.3 Å². The lowest BCUT2D eigenvalue weighted by Gasteiger charge is -2.36. The first-order chi connectivity index (χ1) is 25.2. The summed E-state index contributed by atoms with van der Waals surface area (Å²) < 4.78 is 39.3. The van der Waals surface area contributed by atoms with E-state index in [2.05, 4.69) is 26.6 Å². The van der Waals surface area contributed by atoms with E-state index >= 15 is 8.63 Å². The number of aromatic nitrogens is 3. The Balaban J connectivity index is 0.967. The maximum Gasteiger partial charge on any atom is 0.737 e. The van der Waals surface area contributed by atoms with Gasteiger partial charge in [-0.1, -0.05) is 18.2 Å². The van der Waals surface area contributed by atoms with Gasteiger partial charge >= 0.3 is 13.1 Å². The number of carbonyl (C=O) groups is 2. The highest BCUT2D eigenvalue weighted by Crippen LogP contribution is 2.35. The molecule has 2 amide bonds. The van der Waals surface area contributed by atoms with Crippen LogP contribution in [0.2, 0.25) is 0 Å². The topological polar surface area (TPSA) is 108 Å². The highest BCUT2D eigenvalue weighted by atomic mass is 19.2. The lowest BCUT2D eigenvalue weighted by atomic mass is 9.90. The van der Waals surface area contributed by atoms with Gasteiger partial charge in [-0.15, -0.1) is 0 Å². The van der Waals surface area contributed by atoms with E-state index in [4.69, 9.17) is 9.72 Å². The zero-order valence-corrected chi connectivity index (χ0v) is 30.6. The minimum Gasteiger partial charge on any atom is -0.444 e. The highest BCUT2D eigenvalue weighted by Gasteiger charge is 2.52. The normalized spacial score (nSPS) is 16.2. The van der Waals surface area contributed by atoms with Crippen LogP contribution in [0.1, 0.15) is 50.6 Å². The molecule has 11 nitrogen and oxygen atoms in total. The van der Waals surface area contributed by atoms with E-state index in [1.165, 1.54) is 0 Å². The third kappa shape index (κ3) is 7.57. The fourth-order valence-corrected chi connectivity index (χ4v) is 7.08. The van der Waals surface area contributed by atoms with Crippen LogP contribution >= 0.6 is 0 Å². The van der Waals surface area contributed by atoms with Crippen LogP contribution in [-0.4, -0.2) is 80.3 Å². The zero-order chi connectivity index (χ0) is 37.5. The molecule has 3 aliphatic rings. The fraction of sp³-hybridized carbons (Fsp3) is 0.308. The standard InChI is InChI=1S/C39H43BF2N8O3/c1-26-22-27(2)49-35(26)25-33-13-12-31(50(33)40(49,41)42)14-15-36(51)44-29-9-7-10-30(24-29)45-37-43-17-16-34(46-37)28-8-6-11-32(23-28)47-18-20-48(21-19-47)38(52)53-39(3,4)5/h6-13,16-17,22-25H,14-15,18-21H2,1-5H3,(H,44,51)(H,43,45,46). The maximum atomic E-state index is 15.8. The molecule has 0 aliphatic carbocycles. The summed E-state index contributed by atoms with van der Waals surface area (Å²) in [7, 11) is 0. The lowest BCUT2D eigenvalue weighted by molar-refractivity contribution is -0.362. The Morgan fingerprint density at radius 2 is 1.72 bits per heavy atom. The Bertz CT molecular complexity index is 2180. The zero-order valence-electron chi connectivity index (χ0n) is 30.6. The average molecular weight is 721 g/mol. The quantitative estimate of drug-likeness (QED) is 0.183. The fourth-order valence-electron chi connectivity index (χ4n) is 7.08. The van der Waals surface area contributed by atoms with Crippen LogP contribution in [0.4, 0.5) is 36.4 Å². The molecule has 0 bridgehead atoms. The largest absolute Gasteiger partial charge is 0.737 e. The van der Waals surface area contributed by atoms with E-state index in [1.54, 1.807) is 60.5 Å². The number of ether oxygens (including phenoxy) is 1. The number of piperazine rings is 1. The molecule has 0 spiro atoms. The molecule has 2 aromatic heterocycles. The molecule has 0 radical (unpaired) electrons. The number of nitrogens with zero attached hydrogens (tertiary/aromatic N) is 6. The van der Waals surface area contributed by atoms with Crippen LogP contribution in [0, 0.1) is 13.8 Å². The third-order valence-electron chi connectivity index (χ3n) is 9.51.